The molecule has 0 saturated carbocycles. The third-order valence-corrected chi connectivity index (χ3v) is 2.49. The Morgan fingerprint density at radius 2 is 2.21 bits per heavy atom. The fourth-order valence-corrected chi connectivity index (χ4v) is 1.42. The van der Waals surface area contributed by atoms with Crippen molar-refractivity contribution in [3.63, 3.8) is 0 Å². The first kappa shape index (κ1) is 11.0. The first-order valence-electron chi connectivity index (χ1n) is 3.93. The van der Waals surface area contributed by atoms with Crippen molar-refractivity contribution in [2.45, 2.75) is 11.8 Å². The van der Waals surface area contributed by atoms with Gasteiger partial charge in [-0.3, -0.25) is 4.79 Å². The van der Waals surface area contributed by atoms with Crippen LogP contribution in [-0.2, 0) is 9.22 Å². The van der Waals surface area contributed by atoms with Crippen LogP contribution in [0.1, 0.15) is 15.9 Å². The molecule has 0 radical (unpaired) electrons. The Morgan fingerprint density at radius 3 is 2.71 bits per heavy atom. The molecule has 0 fully saturated rings. The van der Waals surface area contributed by atoms with Gasteiger partial charge < -0.3 is 5.73 Å². The first-order valence-corrected chi connectivity index (χ1v) is 4.67. The Labute approximate surface area is 86.5 Å². The lowest BCUT2D eigenvalue weighted by molar-refractivity contribution is -0.160. The minimum atomic E-state index is -0.433. The predicted octanol–water partition coefficient (Wildman–Crippen LogP) is 1.68. The smallest absolute Gasteiger partial charge is 0.248 e. The summed E-state index contributed by atoms with van der Waals surface area (Å²) in [6, 6.07) is 5.12. The average Bonchev–Trinajstić information content (AvgIpc) is 2.15. The second kappa shape index (κ2) is 4.99. The Bertz CT molecular complexity index is 341. The van der Waals surface area contributed by atoms with E-state index in [1.807, 2.05) is 6.92 Å². The van der Waals surface area contributed by atoms with E-state index in [-0.39, 0.29) is 0 Å². The molecular formula is C9H11NO3S. The van der Waals surface area contributed by atoms with Crippen LogP contribution < -0.4 is 5.73 Å². The van der Waals surface area contributed by atoms with Crippen LogP contribution >= 0.6 is 12.0 Å². The molecule has 0 atom stereocenters. The molecule has 0 bridgehead atoms. The normalized spacial score (nSPS) is 10.1. The van der Waals surface area contributed by atoms with E-state index in [9.17, 15) is 4.79 Å². The highest BCUT2D eigenvalue weighted by Gasteiger charge is 2.05. The van der Waals surface area contributed by atoms with Gasteiger partial charge in [-0.1, -0.05) is 0 Å². The van der Waals surface area contributed by atoms with Gasteiger partial charge in [0, 0.05) is 10.5 Å². The van der Waals surface area contributed by atoms with Gasteiger partial charge in [-0.2, -0.15) is 4.33 Å². The highest BCUT2D eigenvalue weighted by Crippen LogP contribution is 2.23. The standard InChI is InChI=1S/C9H11NO3S/c1-6-5-7(9(10)11)3-4-8(6)14-13-12-2/h3-5H,1-2H3,(H2,10,11). The minimum absolute atomic E-state index is 0.433. The molecular weight excluding hydrogens is 202 g/mol. The summed E-state index contributed by atoms with van der Waals surface area (Å²) in [5, 5.41) is 0. The number of primary amides is 1. The molecule has 5 heteroatoms. The van der Waals surface area contributed by atoms with Crippen LogP contribution in [0.5, 0.6) is 0 Å². The van der Waals surface area contributed by atoms with Gasteiger partial charge in [0.15, 0.2) is 0 Å². The molecule has 1 amide bonds. The maximum atomic E-state index is 10.8. The molecule has 0 aromatic heterocycles. The van der Waals surface area contributed by atoms with E-state index in [4.69, 9.17) is 10.1 Å². The molecule has 14 heavy (non-hydrogen) atoms. The number of amides is 1. The summed E-state index contributed by atoms with van der Waals surface area (Å²) < 4.78 is 4.70. The highest BCUT2D eigenvalue weighted by molar-refractivity contribution is 7.94. The van der Waals surface area contributed by atoms with E-state index in [0.717, 1.165) is 22.5 Å². The number of carbonyl (C=O) groups is 1. The third kappa shape index (κ3) is 2.73. The molecule has 0 aliphatic heterocycles. The lowest BCUT2D eigenvalue weighted by Crippen LogP contribution is -2.10. The molecule has 1 aromatic rings. The quantitative estimate of drug-likeness (QED) is 0.469. The second-order valence-corrected chi connectivity index (χ2v) is 3.41. The van der Waals surface area contributed by atoms with E-state index >= 15 is 0 Å². The lowest BCUT2D eigenvalue weighted by Gasteiger charge is -2.04. The monoisotopic (exact) mass is 213 g/mol. The van der Waals surface area contributed by atoms with Crippen molar-refractivity contribution in [3.05, 3.63) is 29.3 Å². The SMILES string of the molecule is COOSc1ccc(C(N)=O)cc1C. The Kier molecular flexibility index (Phi) is 3.94. The molecule has 0 aliphatic carbocycles. The summed E-state index contributed by atoms with van der Waals surface area (Å²) in [6.45, 7) is 1.87. The van der Waals surface area contributed by atoms with Crippen molar-refractivity contribution < 1.29 is 14.0 Å². The summed E-state index contributed by atoms with van der Waals surface area (Å²) in [6.07, 6.45) is 0. The van der Waals surface area contributed by atoms with E-state index in [1.54, 1.807) is 18.2 Å². The Balaban J connectivity index is 2.84. The predicted molar refractivity (Wildman–Crippen MR) is 53.6 cm³/mol. The van der Waals surface area contributed by atoms with Gasteiger partial charge in [-0.15, -0.1) is 0 Å². The first-order chi connectivity index (χ1) is 6.65. The topological polar surface area (TPSA) is 61.6 Å². The molecule has 1 rings (SSSR count). The maximum absolute atomic E-state index is 10.8. The summed E-state index contributed by atoms with van der Waals surface area (Å²) in [5.74, 6) is -0.433. The number of carbonyl (C=O) groups excluding carboxylic acids is 1. The molecule has 2 N–H and O–H groups in total. The molecule has 4 nitrogen and oxygen atoms in total. The average molecular weight is 213 g/mol. The van der Waals surface area contributed by atoms with E-state index < -0.39 is 5.91 Å². The fourth-order valence-electron chi connectivity index (χ4n) is 0.967. The minimum Gasteiger partial charge on any atom is -0.366 e. The number of aryl methyl sites for hydroxylation is 1. The van der Waals surface area contributed by atoms with E-state index in [1.165, 1.54) is 7.11 Å². The van der Waals surface area contributed by atoms with Gasteiger partial charge in [-0.05, 0) is 30.7 Å². The number of hydrogen-bond acceptors (Lipinski definition) is 4. The van der Waals surface area contributed by atoms with Crippen LogP contribution in [0.15, 0.2) is 23.1 Å². The van der Waals surface area contributed by atoms with E-state index in [0.29, 0.717) is 5.56 Å². The second-order valence-electron chi connectivity index (χ2n) is 2.66. The third-order valence-electron chi connectivity index (χ3n) is 1.65. The number of nitrogens with two attached hydrogens (primary N) is 1. The van der Waals surface area contributed by atoms with Gasteiger partial charge in [0.2, 0.25) is 5.91 Å². The molecule has 1 aromatic carbocycles. The van der Waals surface area contributed by atoms with Crippen molar-refractivity contribution in [3.8, 4) is 0 Å². The summed E-state index contributed by atoms with van der Waals surface area (Å²) in [4.78, 5) is 16.2. The van der Waals surface area contributed by atoms with Gasteiger partial charge in [0.05, 0.1) is 19.2 Å². The molecule has 76 valence electrons. The van der Waals surface area contributed by atoms with Crippen LogP contribution in [-0.4, -0.2) is 13.0 Å². The fraction of sp³-hybridized carbons (Fsp3) is 0.222. The van der Waals surface area contributed by atoms with Crippen molar-refractivity contribution in [2.75, 3.05) is 7.11 Å². The summed E-state index contributed by atoms with van der Waals surface area (Å²) >= 11 is 1.09. The zero-order valence-electron chi connectivity index (χ0n) is 7.94. The van der Waals surface area contributed by atoms with Crippen molar-refractivity contribution in [2.24, 2.45) is 5.73 Å². The van der Waals surface area contributed by atoms with Gasteiger partial charge >= 0.3 is 0 Å². The Morgan fingerprint density at radius 1 is 1.50 bits per heavy atom. The van der Waals surface area contributed by atoms with Crippen molar-refractivity contribution in [1.82, 2.24) is 0 Å². The van der Waals surface area contributed by atoms with Gasteiger partial charge in [-0.25, -0.2) is 4.89 Å². The zero-order chi connectivity index (χ0) is 10.6. The molecule has 0 aliphatic rings. The number of rotatable bonds is 4. The lowest BCUT2D eigenvalue weighted by atomic mass is 10.1. The summed E-state index contributed by atoms with van der Waals surface area (Å²) in [7, 11) is 1.43. The maximum Gasteiger partial charge on any atom is 0.248 e. The van der Waals surface area contributed by atoms with Crippen LogP contribution in [0.2, 0.25) is 0 Å². The highest BCUT2D eigenvalue weighted by atomic mass is 32.2. The molecule has 0 unspecified atom stereocenters. The Hall–Kier alpha value is -1.04. The van der Waals surface area contributed by atoms with Gasteiger partial charge in [0.1, 0.15) is 0 Å². The van der Waals surface area contributed by atoms with Crippen LogP contribution in [0.4, 0.5) is 0 Å². The van der Waals surface area contributed by atoms with E-state index in [2.05, 4.69) is 4.89 Å². The van der Waals surface area contributed by atoms with Crippen LogP contribution in [0.25, 0.3) is 0 Å². The van der Waals surface area contributed by atoms with Crippen LogP contribution in [0, 0.1) is 6.92 Å². The molecule has 0 saturated heterocycles. The van der Waals surface area contributed by atoms with Crippen LogP contribution in [0.3, 0.4) is 0 Å². The molecule has 0 spiro atoms. The molecule has 0 heterocycles. The summed E-state index contributed by atoms with van der Waals surface area (Å²) in [5.41, 5.74) is 6.54. The zero-order valence-corrected chi connectivity index (χ0v) is 8.76. The largest absolute Gasteiger partial charge is 0.366 e. The van der Waals surface area contributed by atoms with Crippen molar-refractivity contribution in [1.29, 1.82) is 0 Å². The number of hydrogen-bond donors (Lipinski definition) is 1. The van der Waals surface area contributed by atoms with Gasteiger partial charge in [0.25, 0.3) is 0 Å². The number of benzene rings is 1. The van der Waals surface area contributed by atoms with Crippen molar-refractivity contribution >= 4 is 17.9 Å².